The van der Waals surface area contributed by atoms with Crippen LogP contribution in [0.5, 0.6) is 0 Å². The molecule has 0 bridgehead atoms. The van der Waals surface area contributed by atoms with Crippen LogP contribution in [0.2, 0.25) is 0 Å². The predicted octanol–water partition coefficient (Wildman–Crippen LogP) is 1.76. The summed E-state index contributed by atoms with van der Waals surface area (Å²) in [6.07, 6.45) is 3.28. The van der Waals surface area contributed by atoms with E-state index in [1.807, 2.05) is 13.8 Å². The molecule has 0 aliphatic rings. The van der Waals surface area contributed by atoms with E-state index in [9.17, 15) is 9.59 Å². The van der Waals surface area contributed by atoms with Gasteiger partial charge in [-0.25, -0.2) is 0 Å². The van der Waals surface area contributed by atoms with E-state index in [1.165, 1.54) is 10.6 Å². The summed E-state index contributed by atoms with van der Waals surface area (Å²) in [6, 6.07) is 3.07. The maximum Gasteiger partial charge on any atom is 0.250 e. The normalized spacial score (nSPS) is 10.5. The molecule has 0 aromatic carbocycles. The largest absolute Gasteiger partial charge is 0.325 e. The Hall–Kier alpha value is -1.58. The van der Waals surface area contributed by atoms with Crippen LogP contribution in [0, 0.1) is 5.92 Å². The number of aryl methyl sites for hydroxylation is 1. The average molecular weight is 222 g/mol. The minimum absolute atomic E-state index is 0.0173. The molecule has 1 N–H and O–H groups in total. The highest BCUT2D eigenvalue weighted by Gasteiger charge is 2.13. The van der Waals surface area contributed by atoms with Gasteiger partial charge in [-0.2, -0.15) is 0 Å². The molecular formula is C12H18N2O2. The Bertz CT molecular complexity index is 419. The summed E-state index contributed by atoms with van der Waals surface area (Å²) in [6.45, 7) is 3.99. The number of anilines is 1. The zero-order chi connectivity index (χ0) is 12.1. The van der Waals surface area contributed by atoms with Crippen molar-refractivity contribution < 1.29 is 4.79 Å². The van der Waals surface area contributed by atoms with E-state index in [4.69, 9.17) is 0 Å². The van der Waals surface area contributed by atoms with Crippen LogP contribution in [0.15, 0.2) is 23.1 Å². The zero-order valence-corrected chi connectivity index (χ0v) is 9.99. The SMILES string of the molecule is CCC(CC)C(=O)Nc1ccc(=O)n(C)c1. The third-order valence-corrected chi connectivity index (χ3v) is 2.71. The van der Waals surface area contributed by atoms with Crippen molar-refractivity contribution in [3.63, 3.8) is 0 Å². The lowest BCUT2D eigenvalue weighted by molar-refractivity contribution is -0.120. The Morgan fingerprint density at radius 2 is 2.00 bits per heavy atom. The van der Waals surface area contributed by atoms with Gasteiger partial charge in [0.2, 0.25) is 11.5 Å². The van der Waals surface area contributed by atoms with Gasteiger partial charge in [0, 0.05) is 25.2 Å². The van der Waals surface area contributed by atoms with Crippen molar-refractivity contribution in [3.05, 3.63) is 28.7 Å². The Kier molecular flexibility index (Phi) is 4.28. The topological polar surface area (TPSA) is 51.1 Å². The maximum atomic E-state index is 11.8. The molecule has 0 atom stereocenters. The number of nitrogens with one attached hydrogen (secondary N) is 1. The first-order valence-corrected chi connectivity index (χ1v) is 5.56. The van der Waals surface area contributed by atoms with Crippen molar-refractivity contribution in [1.82, 2.24) is 4.57 Å². The molecule has 0 fully saturated rings. The van der Waals surface area contributed by atoms with Gasteiger partial charge in [0.15, 0.2) is 0 Å². The molecule has 0 radical (unpaired) electrons. The van der Waals surface area contributed by atoms with Crippen molar-refractivity contribution in [2.75, 3.05) is 5.32 Å². The summed E-state index contributed by atoms with van der Waals surface area (Å²) in [5.41, 5.74) is 0.583. The standard InChI is InChI=1S/C12H18N2O2/c1-4-9(5-2)12(16)13-10-6-7-11(15)14(3)8-10/h6-9H,4-5H2,1-3H3,(H,13,16). The van der Waals surface area contributed by atoms with Crippen molar-refractivity contribution >= 4 is 11.6 Å². The van der Waals surface area contributed by atoms with Crippen molar-refractivity contribution in [3.8, 4) is 0 Å². The molecule has 0 aliphatic heterocycles. The third-order valence-electron chi connectivity index (χ3n) is 2.71. The van der Waals surface area contributed by atoms with Crippen molar-refractivity contribution in [1.29, 1.82) is 0 Å². The number of aromatic nitrogens is 1. The number of pyridine rings is 1. The number of rotatable bonds is 4. The minimum Gasteiger partial charge on any atom is -0.325 e. The van der Waals surface area contributed by atoms with Crippen LogP contribution in [-0.4, -0.2) is 10.5 Å². The van der Waals surface area contributed by atoms with Gasteiger partial charge in [0.05, 0.1) is 5.69 Å². The molecule has 1 heterocycles. The molecular weight excluding hydrogens is 204 g/mol. The van der Waals surface area contributed by atoms with Gasteiger partial charge in [-0.3, -0.25) is 9.59 Å². The Balaban J connectivity index is 2.77. The highest BCUT2D eigenvalue weighted by atomic mass is 16.2. The van der Waals surface area contributed by atoms with Gasteiger partial charge in [-0.05, 0) is 18.9 Å². The van der Waals surface area contributed by atoms with Crippen molar-refractivity contribution in [2.45, 2.75) is 26.7 Å². The molecule has 0 aliphatic carbocycles. The van der Waals surface area contributed by atoms with Crippen LogP contribution in [0.1, 0.15) is 26.7 Å². The number of carbonyl (C=O) groups is 1. The van der Waals surface area contributed by atoms with Gasteiger partial charge in [-0.1, -0.05) is 13.8 Å². The average Bonchev–Trinajstić information content (AvgIpc) is 2.25. The first-order valence-electron chi connectivity index (χ1n) is 5.56. The molecule has 4 heteroatoms. The number of amides is 1. The number of hydrogen-bond acceptors (Lipinski definition) is 2. The Labute approximate surface area is 95.3 Å². The molecule has 0 unspecified atom stereocenters. The molecule has 1 aromatic heterocycles. The predicted molar refractivity (Wildman–Crippen MR) is 64.4 cm³/mol. The lowest BCUT2D eigenvalue weighted by atomic mass is 10.0. The molecule has 0 saturated heterocycles. The van der Waals surface area contributed by atoms with Crippen LogP contribution >= 0.6 is 0 Å². The lowest BCUT2D eigenvalue weighted by Gasteiger charge is -2.12. The second kappa shape index (κ2) is 5.49. The Morgan fingerprint density at radius 1 is 1.38 bits per heavy atom. The first-order chi connectivity index (χ1) is 7.58. The summed E-state index contributed by atoms with van der Waals surface area (Å²) in [7, 11) is 1.66. The minimum atomic E-state index is -0.0828. The highest BCUT2D eigenvalue weighted by molar-refractivity contribution is 5.92. The van der Waals surface area contributed by atoms with E-state index in [0.29, 0.717) is 5.69 Å². The second-order valence-electron chi connectivity index (χ2n) is 3.87. The van der Waals surface area contributed by atoms with Gasteiger partial charge >= 0.3 is 0 Å². The van der Waals surface area contributed by atoms with Gasteiger partial charge in [-0.15, -0.1) is 0 Å². The maximum absolute atomic E-state index is 11.8. The monoisotopic (exact) mass is 222 g/mol. The summed E-state index contributed by atoms with van der Waals surface area (Å²) in [5, 5.41) is 2.81. The van der Waals surface area contributed by atoms with E-state index in [2.05, 4.69) is 5.32 Å². The van der Waals surface area contributed by atoms with Crippen LogP contribution < -0.4 is 10.9 Å². The fraction of sp³-hybridized carbons (Fsp3) is 0.500. The van der Waals surface area contributed by atoms with Crippen LogP contribution in [-0.2, 0) is 11.8 Å². The molecule has 1 aromatic rings. The van der Waals surface area contributed by atoms with Gasteiger partial charge < -0.3 is 9.88 Å². The smallest absolute Gasteiger partial charge is 0.250 e. The highest BCUT2D eigenvalue weighted by Crippen LogP contribution is 2.11. The van der Waals surface area contributed by atoms with Crippen LogP contribution in [0.4, 0.5) is 5.69 Å². The van der Waals surface area contributed by atoms with Gasteiger partial charge in [0.1, 0.15) is 0 Å². The summed E-state index contributed by atoms with van der Waals surface area (Å²) >= 11 is 0. The summed E-state index contributed by atoms with van der Waals surface area (Å²) < 4.78 is 1.45. The molecule has 1 amide bonds. The first kappa shape index (κ1) is 12.5. The molecule has 1 rings (SSSR count). The van der Waals surface area contributed by atoms with E-state index < -0.39 is 0 Å². The number of carbonyl (C=O) groups excluding carboxylic acids is 1. The number of hydrogen-bond donors (Lipinski definition) is 1. The van der Waals surface area contributed by atoms with Gasteiger partial charge in [0.25, 0.3) is 0 Å². The quantitative estimate of drug-likeness (QED) is 0.844. The lowest BCUT2D eigenvalue weighted by Crippen LogP contribution is -2.23. The molecule has 16 heavy (non-hydrogen) atoms. The fourth-order valence-corrected chi connectivity index (χ4v) is 1.57. The summed E-state index contributed by atoms with van der Waals surface area (Å²) in [5.74, 6) is 0.0564. The van der Waals surface area contributed by atoms with E-state index in [1.54, 1.807) is 19.3 Å². The van der Waals surface area contributed by atoms with Crippen molar-refractivity contribution in [2.24, 2.45) is 13.0 Å². The third kappa shape index (κ3) is 2.95. The van der Waals surface area contributed by atoms with E-state index >= 15 is 0 Å². The molecule has 88 valence electrons. The molecule has 0 saturated carbocycles. The number of nitrogens with zero attached hydrogens (tertiary/aromatic N) is 1. The second-order valence-corrected chi connectivity index (χ2v) is 3.87. The van der Waals surface area contributed by atoms with E-state index in [0.717, 1.165) is 12.8 Å². The molecule has 4 nitrogen and oxygen atoms in total. The zero-order valence-electron chi connectivity index (χ0n) is 9.99. The van der Waals surface area contributed by atoms with E-state index in [-0.39, 0.29) is 17.4 Å². The molecule has 0 spiro atoms. The Morgan fingerprint density at radius 3 is 2.50 bits per heavy atom. The van der Waals surface area contributed by atoms with Crippen LogP contribution in [0.3, 0.4) is 0 Å². The summed E-state index contributed by atoms with van der Waals surface area (Å²) in [4.78, 5) is 22.9. The fourth-order valence-electron chi connectivity index (χ4n) is 1.57. The van der Waals surface area contributed by atoms with Crippen LogP contribution in [0.25, 0.3) is 0 Å².